The monoisotopic (exact) mass is 497 g/mol. The Kier molecular flexibility index (Phi) is 7.80. The van der Waals surface area contributed by atoms with E-state index < -0.39 is 0 Å². The molecule has 0 bridgehead atoms. The molecule has 34 heavy (non-hydrogen) atoms. The molecular weight excluding hydrogens is 470 g/mol. The topological polar surface area (TPSA) is 72.2 Å². The van der Waals surface area contributed by atoms with Gasteiger partial charge in [0.25, 0.3) is 0 Å². The van der Waals surface area contributed by atoms with Crippen LogP contribution in [0.2, 0.25) is 5.02 Å². The SMILES string of the molecule is CCCCn1c(-c2ccc(Cl)cc2)nn(CCC(=O)Nc2cccc(N3CCCC3=O)c2)c1=S. The van der Waals surface area contributed by atoms with Gasteiger partial charge in [0.1, 0.15) is 0 Å². The Hall–Kier alpha value is -2.97. The van der Waals surface area contributed by atoms with Gasteiger partial charge >= 0.3 is 0 Å². The summed E-state index contributed by atoms with van der Waals surface area (Å²) in [6.07, 6.45) is 3.68. The largest absolute Gasteiger partial charge is 0.326 e. The van der Waals surface area contributed by atoms with Crippen molar-refractivity contribution in [2.75, 3.05) is 16.8 Å². The van der Waals surface area contributed by atoms with Gasteiger partial charge in [0.05, 0.1) is 6.54 Å². The van der Waals surface area contributed by atoms with Gasteiger partial charge in [0.2, 0.25) is 11.8 Å². The van der Waals surface area contributed by atoms with Crippen molar-refractivity contribution in [1.29, 1.82) is 0 Å². The molecule has 1 N–H and O–H groups in total. The van der Waals surface area contributed by atoms with Crippen LogP contribution in [-0.4, -0.2) is 32.7 Å². The third-order valence-corrected chi connectivity index (χ3v) is 6.51. The van der Waals surface area contributed by atoms with Gasteiger partial charge in [-0.05, 0) is 67.5 Å². The first-order valence-electron chi connectivity index (χ1n) is 11.6. The summed E-state index contributed by atoms with van der Waals surface area (Å²) in [6, 6.07) is 14.9. The molecule has 1 aliphatic rings. The molecule has 0 aliphatic carbocycles. The van der Waals surface area contributed by atoms with Gasteiger partial charge in [-0.3, -0.25) is 14.2 Å². The number of rotatable bonds is 9. The number of carbonyl (C=O) groups is 2. The molecule has 1 aliphatic heterocycles. The average molecular weight is 498 g/mol. The minimum atomic E-state index is -0.136. The fourth-order valence-electron chi connectivity index (χ4n) is 4.02. The highest BCUT2D eigenvalue weighted by Crippen LogP contribution is 2.25. The summed E-state index contributed by atoms with van der Waals surface area (Å²) in [5.41, 5.74) is 2.41. The minimum Gasteiger partial charge on any atom is -0.326 e. The molecule has 0 radical (unpaired) electrons. The molecule has 9 heteroatoms. The van der Waals surface area contributed by atoms with Crippen molar-refractivity contribution in [2.24, 2.45) is 0 Å². The number of aryl methyl sites for hydroxylation is 1. The zero-order valence-corrected chi connectivity index (χ0v) is 20.7. The molecule has 3 aromatic rings. The quantitative estimate of drug-likeness (QED) is 0.385. The zero-order valence-electron chi connectivity index (χ0n) is 19.2. The Morgan fingerprint density at radius 1 is 1.18 bits per heavy atom. The van der Waals surface area contributed by atoms with E-state index in [1.54, 1.807) is 9.58 Å². The van der Waals surface area contributed by atoms with Gasteiger partial charge in [0, 0.05) is 47.9 Å². The second-order valence-electron chi connectivity index (χ2n) is 8.34. The van der Waals surface area contributed by atoms with E-state index in [2.05, 4.69) is 12.2 Å². The number of hydrogen-bond donors (Lipinski definition) is 1. The molecule has 0 unspecified atom stereocenters. The Morgan fingerprint density at radius 3 is 2.68 bits per heavy atom. The summed E-state index contributed by atoms with van der Waals surface area (Å²) in [5, 5.41) is 8.32. The number of unbranched alkanes of at least 4 members (excludes halogenated alkanes) is 1. The lowest BCUT2D eigenvalue weighted by Crippen LogP contribution is -2.23. The number of anilines is 2. The van der Waals surface area contributed by atoms with Gasteiger partial charge < -0.3 is 10.2 Å². The predicted octanol–water partition coefficient (Wildman–Crippen LogP) is 5.69. The van der Waals surface area contributed by atoms with E-state index in [0.717, 1.165) is 42.9 Å². The van der Waals surface area contributed by atoms with Crippen LogP contribution in [0.15, 0.2) is 48.5 Å². The standard InChI is InChI=1S/C25H28ClN5O2S/c1-2-3-14-30-24(18-9-11-19(26)12-10-18)28-31(25(30)34)16-13-22(32)27-20-6-4-7-21(17-20)29-15-5-8-23(29)33/h4,6-7,9-12,17H,2-3,5,8,13-16H2,1H3,(H,27,32). The van der Waals surface area contributed by atoms with E-state index >= 15 is 0 Å². The number of aromatic nitrogens is 3. The van der Waals surface area contributed by atoms with Crippen molar-refractivity contribution in [3.63, 3.8) is 0 Å². The lowest BCUT2D eigenvalue weighted by Gasteiger charge is -2.16. The number of nitrogens with one attached hydrogen (secondary N) is 1. The van der Waals surface area contributed by atoms with Gasteiger partial charge in [-0.1, -0.05) is 31.0 Å². The van der Waals surface area contributed by atoms with Crippen molar-refractivity contribution in [3.8, 4) is 11.4 Å². The molecule has 2 aromatic carbocycles. The maximum absolute atomic E-state index is 12.7. The highest BCUT2D eigenvalue weighted by Gasteiger charge is 2.22. The molecule has 1 fully saturated rings. The molecule has 1 saturated heterocycles. The lowest BCUT2D eigenvalue weighted by molar-refractivity contribution is -0.117. The summed E-state index contributed by atoms with van der Waals surface area (Å²) < 4.78 is 4.34. The fraction of sp³-hybridized carbons (Fsp3) is 0.360. The third kappa shape index (κ3) is 5.56. The van der Waals surface area contributed by atoms with E-state index in [9.17, 15) is 9.59 Å². The van der Waals surface area contributed by atoms with Crippen molar-refractivity contribution in [1.82, 2.24) is 14.3 Å². The smallest absolute Gasteiger partial charge is 0.227 e. The molecule has 178 valence electrons. The van der Waals surface area contributed by atoms with Gasteiger partial charge in [0.15, 0.2) is 10.6 Å². The summed E-state index contributed by atoms with van der Waals surface area (Å²) in [7, 11) is 0. The molecule has 2 heterocycles. The van der Waals surface area contributed by atoms with Crippen LogP contribution in [0.1, 0.15) is 39.0 Å². The Bertz CT molecular complexity index is 1230. The summed E-state index contributed by atoms with van der Waals surface area (Å²) in [6.45, 7) is 3.98. The van der Waals surface area contributed by atoms with Crippen LogP contribution in [-0.2, 0) is 22.7 Å². The normalized spacial score (nSPS) is 13.5. The second kappa shape index (κ2) is 11.0. The van der Waals surface area contributed by atoms with E-state index in [0.29, 0.717) is 35.0 Å². The van der Waals surface area contributed by atoms with E-state index in [1.165, 1.54) is 0 Å². The zero-order chi connectivity index (χ0) is 24.1. The van der Waals surface area contributed by atoms with Crippen molar-refractivity contribution < 1.29 is 9.59 Å². The van der Waals surface area contributed by atoms with Crippen LogP contribution in [0, 0.1) is 4.77 Å². The van der Waals surface area contributed by atoms with Crippen molar-refractivity contribution in [2.45, 2.75) is 52.1 Å². The number of hydrogen-bond acceptors (Lipinski definition) is 4. The van der Waals surface area contributed by atoms with E-state index in [-0.39, 0.29) is 18.2 Å². The Balaban J connectivity index is 1.46. The molecule has 7 nitrogen and oxygen atoms in total. The third-order valence-electron chi connectivity index (χ3n) is 5.83. The van der Waals surface area contributed by atoms with Crippen LogP contribution in [0.4, 0.5) is 11.4 Å². The predicted molar refractivity (Wildman–Crippen MR) is 138 cm³/mol. The number of benzene rings is 2. The molecule has 4 rings (SSSR count). The van der Waals surface area contributed by atoms with Crippen molar-refractivity contribution in [3.05, 3.63) is 58.3 Å². The summed E-state index contributed by atoms with van der Waals surface area (Å²) in [4.78, 5) is 26.5. The molecular formula is C25H28ClN5O2S. The maximum atomic E-state index is 12.7. The van der Waals surface area contributed by atoms with Gasteiger partial charge in [-0.15, -0.1) is 0 Å². The lowest BCUT2D eigenvalue weighted by atomic mass is 10.2. The fourth-order valence-corrected chi connectivity index (χ4v) is 4.46. The Labute approximate surface area is 209 Å². The van der Waals surface area contributed by atoms with Crippen LogP contribution in [0.3, 0.4) is 0 Å². The first-order chi connectivity index (χ1) is 16.5. The van der Waals surface area contributed by atoms with Crippen LogP contribution < -0.4 is 10.2 Å². The maximum Gasteiger partial charge on any atom is 0.227 e. The van der Waals surface area contributed by atoms with Gasteiger partial charge in [-0.2, -0.15) is 5.10 Å². The van der Waals surface area contributed by atoms with E-state index in [4.69, 9.17) is 28.9 Å². The van der Waals surface area contributed by atoms with E-state index in [1.807, 2.05) is 53.1 Å². The van der Waals surface area contributed by atoms with Gasteiger partial charge in [-0.25, -0.2) is 4.68 Å². The highest BCUT2D eigenvalue weighted by atomic mass is 35.5. The van der Waals surface area contributed by atoms with Crippen LogP contribution >= 0.6 is 23.8 Å². The second-order valence-corrected chi connectivity index (χ2v) is 9.14. The minimum absolute atomic E-state index is 0.119. The molecule has 2 amide bonds. The average Bonchev–Trinajstić information content (AvgIpc) is 3.40. The number of nitrogens with zero attached hydrogens (tertiary/aromatic N) is 4. The summed E-state index contributed by atoms with van der Waals surface area (Å²) in [5.74, 6) is 0.759. The van der Waals surface area contributed by atoms with Crippen molar-refractivity contribution >= 4 is 47.0 Å². The number of halogens is 1. The first kappa shape index (κ1) is 24.2. The highest BCUT2D eigenvalue weighted by molar-refractivity contribution is 7.71. The first-order valence-corrected chi connectivity index (χ1v) is 12.4. The molecule has 0 spiro atoms. The Morgan fingerprint density at radius 2 is 1.97 bits per heavy atom. The summed E-state index contributed by atoms with van der Waals surface area (Å²) >= 11 is 11.7. The number of amides is 2. The van der Waals surface area contributed by atoms with Crippen LogP contribution in [0.25, 0.3) is 11.4 Å². The number of carbonyl (C=O) groups excluding carboxylic acids is 2. The van der Waals surface area contributed by atoms with Crippen LogP contribution in [0.5, 0.6) is 0 Å². The molecule has 1 aromatic heterocycles. The molecule has 0 atom stereocenters. The molecule has 0 saturated carbocycles.